The molecule has 1 aliphatic heterocycles. The molecule has 0 bridgehead atoms. The lowest BCUT2D eigenvalue weighted by molar-refractivity contribution is -0.114. The first-order valence-corrected chi connectivity index (χ1v) is 4.18. The maximum Gasteiger partial charge on any atom is 0.410 e. The van der Waals surface area contributed by atoms with Crippen LogP contribution in [0.4, 0.5) is 4.79 Å². The van der Waals surface area contributed by atoms with E-state index in [1.807, 2.05) is 0 Å². The van der Waals surface area contributed by atoms with Gasteiger partial charge in [0.25, 0.3) is 5.24 Å². The Kier molecular flexibility index (Phi) is 3.34. The van der Waals surface area contributed by atoms with Crippen molar-refractivity contribution in [3.63, 3.8) is 0 Å². The number of halogens is 1. The predicted octanol–water partition coefficient (Wildman–Crippen LogP) is 0.984. The highest BCUT2D eigenvalue weighted by atomic mass is 35.5. The van der Waals surface area contributed by atoms with Crippen molar-refractivity contribution in [2.24, 2.45) is 0 Å². The van der Waals surface area contributed by atoms with E-state index in [1.165, 1.54) is 0 Å². The van der Waals surface area contributed by atoms with E-state index in [0.29, 0.717) is 0 Å². The molecule has 0 unspecified atom stereocenters. The molecule has 0 spiro atoms. The summed E-state index contributed by atoms with van der Waals surface area (Å²) in [6, 6.07) is 0. The summed E-state index contributed by atoms with van der Waals surface area (Å²) >= 11 is 4.99. The second-order valence-electron chi connectivity index (χ2n) is 2.60. The number of likely N-dealkylation sites (tertiary alicyclic amines) is 1. The number of amides is 1. The molecule has 0 aromatic carbocycles. The summed E-state index contributed by atoms with van der Waals surface area (Å²) in [5, 5.41) is -0.650. The van der Waals surface area contributed by atoms with Gasteiger partial charge in [0.2, 0.25) is 0 Å². The van der Waals surface area contributed by atoms with Gasteiger partial charge < -0.3 is 9.64 Å². The Hall–Kier alpha value is -0.770. The number of hydrogen-bond acceptors (Lipinski definition) is 3. The minimum Gasteiger partial charge on any atom is -0.440 e. The number of rotatable bonds is 2. The van der Waals surface area contributed by atoms with Gasteiger partial charge >= 0.3 is 6.09 Å². The van der Waals surface area contributed by atoms with Crippen molar-refractivity contribution in [1.29, 1.82) is 0 Å². The predicted molar refractivity (Wildman–Crippen MR) is 43.0 cm³/mol. The molecule has 0 aromatic rings. The van der Waals surface area contributed by atoms with Crippen molar-refractivity contribution in [2.45, 2.75) is 12.8 Å². The molecule has 0 N–H and O–H groups in total. The quantitative estimate of drug-likeness (QED) is 0.612. The number of hydrogen-bond donors (Lipinski definition) is 0. The molecule has 0 aliphatic carbocycles. The molecule has 0 aromatic heterocycles. The standard InChI is InChI=1S/C7H10ClNO3/c8-6(10)5-12-7(11)9-3-1-2-4-9/h1-5H2. The lowest BCUT2D eigenvalue weighted by atomic mass is 10.4. The smallest absolute Gasteiger partial charge is 0.410 e. The Balaban J connectivity index is 2.23. The maximum atomic E-state index is 11.0. The van der Waals surface area contributed by atoms with E-state index < -0.39 is 11.3 Å². The summed E-state index contributed by atoms with van der Waals surface area (Å²) in [7, 11) is 0. The lowest BCUT2D eigenvalue weighted by Crippen LogP contribution is -2.29. The third-order valence-corrected chi connectivity index (χ3v) is 1.78. The summed E-state index contributed by atoms with van der Waals surface area (Å²) in [4.78, 5) is 22.8. The number of carbonyl (C=O) groups is 2. The van der Waals surface area contributed by atoms with Crippen molar-refractivity contribution in [3.8, 4) is 0 Å². The van der Waals surface area contributed by atoms with Gasteiger partial charge in [-0.15, -0.1) is 0 Å². The molecule has 68 valence electrons. The fourth-order valence-electron chi connectivity index (χ4n) is 1.11. The Morgan fingerprint density at radius 2 is 1.92 bits per heavy atom. The zero-order chi connectivity index (χ0) is 8.97. The molecule has 1 saturated heterocycles. The van der Waals surface area contributed by atoms with E-state index in [9.17, 15) is 9.59 Å². The normalized spacial score (nSPS) is 16.2. The summed E-state index contributed by atoms with van der Waals surface area (Å²) in [6.07, 6.45) is 1.56. The average molecular weight is 192 g/mol. The van der Waals surface area contributed by atoms with Crippen molar-refractivity contribution in [1.82, 2.24) is 4.90 Å². The molecule has 1 amide bonds. The molecule has 0 atom stereocenters. The second-order valence-corrected chi connectivity index (χ2v) is 3.03. The minimum absolute atomic E-state index is 0.336. The molecule has 1 rings (SSSR count). The van der Waals surface area contributed by atoms with E-state index in [4.69, 9.17) is 11.6 Å². The van der Waals surface area contributed by atoms with Crippen LogP contribution in [0.3, 0.4) is 0 Å². The Morgan fingerprint density at radius 3 is 2.42 bits per heavy atom. The van der Waals surface area contributed by atoms with Gasteiger partial charge in [-0.25, -0.2) is 4.79 Å². The first kappa shape index (κ1) is 9.32. The Morgan fingerprint density at radius 1 is 1.33 bits per heavy atom. The molecule has 4 nitrogen and oxygen atoms in total. The zero-order valence-corrected chi connectivity index (χ0v) is 7.34. The molecule has 5 heteroatoms. The molecule has 12 heavy (non-hydrogen) atoms. The monoisotopic (exact) mass is 191 g/mol. The topological polar surface area (TPSA) is 46.6 Å². The molecule has 0 saturated carbocycles. The summed E-state index contributed by atoms with van der Waals surface area (Å²) < 4.78 is 4.59. The fraction of sp³-hybridized carbons (Fsp3) is 0.714. The fourth-order valence-corrected chi connectivity index (χ4v) is 1.16. The van der Waals surface area contributed by atoms with Crippen molar-refractivity contribution < 1.29 is 14.3 Å². The Labute approximate surface area is 75.4 Å². The number of carbonyl (C=O) groups excluding carboxylic acids is 2. The zero-order valence-electron chi connectivity index (χ0n) is 6.59. The van der Waals surface area contributed by atoms with Gasteiger partial charge in [0.15, 0.2) is 6.61 Å². The average Bonchev–Trinajstić information content (AvgIpc) is 2.51. The molecular formula is C7H10ClNO3. The van der Waals surface area contributed by atoms with E-state index in [2.05, 4.69) is 4.74 Å². The van der Waals surface area contributed by atoms with Gasteiger partial charge in [0.1, 0.15) is 0 Å². The highest BCUT2D eigenvalue weighted by Crippen LogP contribution is 2.08. The van der Waals surface area contributed by atoms with Crippen LogP contribution in [0.5, 0.6) is 0 Å². The van der Waals surface area contributed by atoms with Crippen molar-refractivity contribution in [2.75, 3.05) is 19.7 Å². The molecule has 1 aliphatic rings. The van der Waals surface area contributed by atoms with Crippen LogP contribution in [0.1, 0.15) is 12.8 Å². The summed E-state index contributed by atoms with van der Waals surface area (Å²) in [5.74, 6) is 0. The first-order chi connectivity index (χ1) is 5.70. The second kappa shape index (κ2) is 4.30. The van der Waals surface area contributed by atoms with Crippen molar-refractivity contribution in [3.05, 3.63) is 0 Å². The molecular weight excluding hydrogens is 182 g/mol. The van der Waals surface area contributed by atoms with Gasteiger partial charge in [-0.1, -0.05) is 0 Å². The highest BCUT2D eigenvalue weighted by molar-refractivity contribution is 6.64. The van der Waals surface area contributed by atoms with Gasteiger partial charge in [0.05, 0.1) is 0 Å². The van der Waals surface area contributed by atoms with Crippen LogP contribution < -0.4 is 0 Å². The van der Waals surface area contributed by atoms with Crippen LogP contribution in [-0.4, -0.2) is 35.9 Å². The molecule has 1 fully saturated rings. The van der Waals surface area contributed by atoms with Crippen LogP contribution in [0.25, 0.3) is 0 Å². The largest absolute Gasteiger partial charge is 0.440 e. The van der Waals surface area contributed by atoms with Crippen molar-refractivity contribution >= 4 is 22.9 Å². The van der Waals surface area contributed by atoms with E-state index >= 15 is 0 Å². The molecule has 1 heterocycles. The van der Waals surface area contributed by atoms with E-state index in [1.54, 1.807) is 4.90 Å². The van der Waals surface area contributed by atoms with E-state index in [0.717, 1.165) is 25.9 Å². The Bertz CT molecular complexity index is 189. The van der Waals surface area contributed by atoms with E-state index in [-0.39, 0.29) is 6.61 Å². The first-order valence-electron chi connectivity index (χ1n) is 3.80. The van der Waals surface area contributed by atoms with Gasteiger partial charge in [-0.2, -0.15) is 0 Å². The van der Waals surface area contributed by atoms with Crippen LogP contribution in [-0.2, 0) is 9.53 Å². The van der Waals surface area contributed by atoms with Gasteiger partial charge in [-0.05, 0) is 24.4 Å². The van der Waals surface area contributed by atoms with Crippen LogP contribution in [0, 0.1) is 0 Å². The molecule has 0 radical (unpaired) electrons. The third kappa shape index (κ3) is 2.70. The van der Waals surface area contributed by atoms with Gasteiger partial charge in [-0.3, -0.25) is 4.79 Å². The number of nitrogens with zero attached hydrogens (tertiary/aromatic N) is 1. The number of ether oxygens (including phenoxy) is 1. The van der Waals surface area contributed by atoms with Crippen LogP contribution >= 0.6 is 11.6 Å². The van der Waals surface area contributed by atoms with Crippen LogP contribution in [0.15, 0.2) is 0 Å². The lowest BCUT2D eigenvalue weighted by Gasteiger charge is -2.13. The highest BCUT2D eigenvalue weighted by Gasteiger charge is 2.19. The summed E-state index contributed by atoms with van der Waals surface area (Å²) in [5.41, 5.74) is 0. The van der Waals surface area contributed by atoms with Gasteiger partial charge in [0, 0.05) is 13.1 Å². The maximum absolute atomic E-state index is 11.0. The minimum atomic E-state index is -0.650. The summed E-state index contributed by atoms with van der Waals surface area (Å²) in [6.45, 7) is 1.10. The third-order valence-electron chi connectivity index (χ3n) is 1.67. The van der Waals surface area contributed by atoms with Crippen LogP contribution in [0.2, 0.25) is 0 Å². The SMILES string of the molecule is O=C(Cl)COC(=O)N1CCCC1.